The maximum atomic E-state index is 8.79. The van der Waals surface area contributed by atoms with Crippen LogP contribution in [0.5, 0.6) is 11.5 Å². The summed E-state index contributed by atoms with van der Waals surface area (Å²) in [6, 6.07) is 23.0. The molecule has 4 rings (SSSR count). The molecule has 0 spiro atoms. The lowest BCUT2D eigenvalue weighted by molar-refractivity contribution is -0.777. The Hall–Kier alpha value is -2.57. The van der Waals surface area contributed by atoms with E-state index in [-0.39, 0.29) is 0 Å². The van der Waals surface area contributed by atoms with Crippen molar-refractivity contribution in [2.24, 2.45) is 0 Å². The van der Waals surface area contributed by atoms with Gasteiger partial charge in [-0.25, -0.2) is 0 Å². The second-order valence-electron chi connectivity index (χ2n) is 5.98. The predicted molar refractivity (Wildman–Crippen MR) is 129 cm³/mol. The third kappa shape index (κ3) is 7.26. The number of fused-ring (bicyclic) bond motifs is 2. The van der Waals surface area contributed by atoms with E-state index in [1.54, 1.807) is 6.26 Å². The molecule has 1 aliphatic heterocycles. The van der Waals surface area contributed by atoms with E-state index in [0.717, 1.165) is 39.5 Å². The second kappa shape index (κ2) is 14.4. The molecule has 5 heteroatoms. The minimum absolute atomic E-state index is 0.867. The van der Waals surface area contributed by atoms with Crippen molar-refractivity contribution in [3.8, 4) is 11.5 Å². The molecule has 3 aromatic carbocycles. The van der Waals surface area contributed by atoms with Crippen LogP contribution >= 0.6 is 12.0 Å². The Labute approximate surface area is 189 Å². The van der Waals surface area contributed by atoms with Gasteiger partial charge in [-0.2, -0.15) is 4.33 Å². The van der Waals surface area contributed by atoms with E-state index in [2.05, 4.69) is 71.4 Å². The first-order chi connectivity index (χ1) is 15.1. The fourth-order valence-electron chi connectivity index (χ4n) is 2.99. The molecular weight excluding hydrogens is 408 g/mol. The third-order valence-electron chi connectivity index (χ3n) is 4.10. The molecule has 4 nitrogen and oxygen atoms in total. The highest BCUT2D eigenvalue weighted by Crippen LogP contribution is 2.36. The SMILES string of the molecule is C=c1ccc2c(c1)Oc1cc(C)ccc1C=2c1ccccc1.CC.CC.CSOO[O-]. The molecule has 0 unspecified atom stereocenters. The van der Waals surface area contributed by atoms with Crippen LogP contribution in [0.2, 0.25) is 0 Å². The van der Waals surface area contributed by atoms with E-state index < -0.39 is 0 Å². The van der Waals surface area contributed by atoms with Crippen molar-refractivity contribution < 1.29 is 19.4 Å². The second-order valence-corrected chi connectivity index (χ2v) is 6.45. The average Bonchev–Trinajstić information content (AvgIpc) is 2.81. The van der Waals surface area contributed by atoms with Crippen LogP contribution in [0.1, 0.15) is 44.4 Å². The van der Waals surface area contributed by atoms with E-state index in [4.69, 9.17) is 9.99 Å². The van der Waals surface area contributed by atoms with Crippen molar-refractivity contribution in [2.75, 3.05) is 6.26 Å². The summed E-state index contributed by atoms with van der Waals surface area (Å²) in [5.41, 5.74) is 4.76. The summed E-state index contributed by atoms with van der Waals surface area (Å²) in [4.78, 5) is 0. The van der Waals surface area contributed by atoms with Crippen molar-refractivity contribution in [1.29, 1.82) is 0 Å². The van der Waals surface area contributed by atoms with Gasteiger partial charge in [0.2, 0.25) is 0 Å². The summed E-state index contributed by atoms with van der Waals surface area (Å²) >= 11 is 0.867. The van der Waals surface area contributed by atoms with Crippen LogP contribution in [0.3, 0.4) is 0 Å². The Morgan fingerprint density at radius 1 is 0.871 bits per heavy atom. The normalized spacial score (nSPS) is 10.5. The molecule has 31 heavy (non-hydrogen) atoms. The molecule has 1 aliphatic rings. The quantitative estimate of drug-likeness (QED) is 0.246. The first-order valence-corrected chi connectivity index (χ1v) is 11.5. The van der Waals surface area contributed by atoms with Gasteiger partial charge in [0, 0.05) is 34.7 Å². The fourth-order valence-corrected chi connectivity index (χ4v) is 3.04. The zero-order chi connectivity index (χ0) is 23.2. The van der Waals surface area contributed by atoms with Crippen LogP contribution < -0.4 is 20.4 Å². The molecule has 0 bridgehead atoms. The minimum Gasteiger partial charge on any atom is -0.691 e. The lowest BCUT2D eigenvalue weighted by Crippen LogP contribution is -2.19. The van der Waals surface area contributed by atoms with Crippen molar-refractivity contribution in [3.05, 3.63) is 93.9 Å². The van der Waals surface area contributed by atoms with Gasteiger partial charge in [-0.1, -0.05) is 88.9 Å². The topological polar surface area (TPSA) is 50.8 Å². The molecule has 0 N–H and O–H groups in total. The fraction of sp³-hybridized carbons (Fsp3) is 0.231. The Kier molecular flexibility index (Phi) is 12.3. The molecule has 0 amide bonds. The number of ether oxygens (including phenoxy) is 1. The summed E-state index contributed by atoms with van der Waals surface area (Å²) in [5, 5.41) is 13.8. The van der Waals surface area contributed by atoms with Gasteiger partial charge in [-0.15, -0.1) is 0 Å². The molecule has 166 valence electrons. The van der Waals surface area contributed by atoms with Crippen molar-refractivity contribution in [3.63, 3.8) is 0 Å². The molecule has 0 aromatic heterocycles. The monoisotopic (exact) mass is 439 g/mol. The number of rotatable bonds is 3. The van der Waals surface area contributed by atoms with Crippen LogP contribution in [-0.4, -0.2) is 6.26 Å². The lowest BCUT2D eigenvalue weighted by Gasteiger charge is -2.21. The van der Waals surface area contributed by atoms with Gasteiger partial charge in [0.25, 0.3) is 0 Å². The Morgan fingerprint density at radius 2 is 1.55 bits per heavy atom. The van der Waals surface area contributed by atoms with Gasteiger partial charge < -0.3 is 9.99 Å². The first kappa shape index (κ1) is 26.5. The molecule has 0 atom stereocenters. The lowest BCUT2D eigenvalue weighted by atomic mass is 9.92. The zero-order valence-electron chi connectivity index (χ0n) is 19.1. The maximum absolute atomic E-state index is 8.79. The Morgan fingerprint density at radius 3 is 2.13 bits per heavy atom. The highest BCUT2D eigenvalue weighted by Gasteiger charge is 2.19. The summed E-state index contributed by atoms with van der Waals surface area (Å²) in [7, 11) is 0. The van der Waals surface area contributed by atoms with Crippen molar-refractivity contribution >= 4 is 24.2 Å². The smallest absolute Gasteiger partial charge is 0.135 e. The van der Waals surface area contributed by atoms with Crippen LogP contribution in [0.15, 0.2) is 66.7 Å². The van der Waals surface area contributed by atoms with E-state index in [1.165, 1.54) is 16.7 Å². The van der Waals surface area contributed by atoms with Gasteiger partial charge in [-0.3, -0.25) is 5.04 Å². The van der Waals surface area contributed by atoms with Crippen LogP contribution in [0.25, 0.3) is 12.2 Å². The summed E-state index contributed by atoms with van der Waals surface area (Å²) < 4.78 is 9.82. The van der Waals surface area contributed by atoms with Crippen LogP contribution in [0, 0.1) is 6.92 Å². The molecule has 3 aromatic rings. The summed E-state index contributed by atoms with van der Waals surface area (Å²) in [6.07, 6.45) is 1.58. The van der Waals surface area contributed by atoms with Gasteiger partial charge in [-0.05, 0) is 35.4 Å². The largest absolute Gasteiger partial charge is 0.691 e. The third-order valence-corrected chi connectivity index (χ3v) is 4.29. The van der Waals surface area contributed by atoms with E-state index in [9.17, 15) is 0 Å². The van der Waals surface area contributed by atoms with E-state index in [1.807, 2.05) is 45.9 Å². The predicted octanol–water partition coefficient (Wildman–Crippen LogP) is 5.30. The highest BCUT2D eigenvalue weighted by atomic mass is 32.2. The van der Waals surface area contributed by atoms with Gasteiger partial charge in [0.05, 0.1) is 0 Å². The van der Waals surface area contributed by atoms with Crippen LogP contribution in [0.4, 0.5) is 0 Å². The first-order valence-electron chi connectivity index (χ1n) is 10.3. The maximum Gasteiger partial charge on any atom is 0.135 e. The number of aryl methyl sites for hydroxylation is 1. The molecule has 0 aliphatic carbocycles. The van der Waals surface area contributed by atoms with Crippen molar-refractivity contribution in [2.45, 2.75) is 34.6 Å². The highest BCUT2D eigenvalue weighted by molar-refractivity contribution is 7.93. The van der Waals surface area contributed by atoms with Crippen molar-refractivity contribution in [1.82, 2.24) is 0 Å². The summed E-state index contributed by atoms with van der Waals surface area (Å²) in [6.45, 7) is 14.1. The zero-order valence-corrected chi connectivity index (χ0v) is 19.9. The molecule has 0 saturated carbocycles. The molecule has 1 heterocycles. The van der Waals surface area contributed by atoms with E-state index >= 15 is 0 Å². The molecule has 0 saturated heterocycles. The Balaban J connectivity index is 0.000000465. The minimum atomic E-state index is 0.867. The number of hydrogen-bond donors (Lipinski definition) is 0. The van der Waals surface area contributed by atoms with E-state index in [0.29, 0.717) is 0 Å². The Bertz CT molecular complexity index is 1030. The molecule has 0 radical (unpaired) electrons. The number of benzene rings is 3. The number of hydrogen-bond acceptors (Lipinski definition) is 5. The standard InChI is InChI=1S/C21H16O.2C2H6.CH4O3S/c1-14-8-10-17-19(12-14)22-20-13-15(2)9-11-18(20)21(17)16-6-4-3-5-7-16;2*1-2;1-5-4-3-2/h3-13H,1H2,2H3;2*1-2H3;2H,1H3/p-1. The van der Waals surface area contributed by atoms with Gasteiger partial charge in [0.15, 0.2) is 0 Å². The molecular formula is C26H31O4S-. The van der Waals surface area contributed by atoms with Gasteiger partial charge >= 0.3 is 0 Å². The molecule has 0 fully saturated rings. The van der Waals surface area contributed by atoms with Crippen LogP contribution in [-0.2, 0) is 9.37 Å². The summed E-state index contributed by atoms with van der Waals surface area (Å²) in [5.74, 6) is 1.79. The van der Waals surface area contributed by atoms with Gasteiger partial charge in [0.1, 0.15) is 11.5 Å². The average molecular weight is 440 g/mol.